The molecule has 6 fully saturated rings. The predicted molar refractivity (Wildman–Crippen MR) is 289 cm³/mol. The summed E-state index contributed by atoms with van der Waals surface area (Å²) in [5.74, 6) is -1.47. The monoisotopic (exact) mass is 1180 g/mol. The molecular formula is C58H102O24. The Kier molecular flexibility index (Phi) is 29.2. The van der Waals surface area contributed by atoms with E-state index >= 15 is 0 Å². The van der Waals surface area contributed by atoms with Gasteiger partial charge in [-0.15, -0.1) is 0 Å². The van der Waals surface area contributed by atoms with Crippen molar-refractivity contribution < 1.29 is 117 Å². The second kappa shape index (κ2) is 34.6. The van der Waals surface area contributed by atoms with Crippen molar-refractivity contribution in [3.63, 3.8) is 0 Å². The normalized spacial score (nSPS) is 43.1. The molecule has 0 unspecified atom stereocenters. The first-order chi connectivity index (χ1) is 39.3. The lowest BCUT2D eigenvalue weighted by molar-refractivity contribution is -0.400. The van der Waals surface area contributed by atoms with Gasteiger partial charge >= 0.3 is 11.9 Å². The van der Waals surface area contributed by atoms with Gasteiger partial charge in [0.05, 0.1) is 37.1 Å². The van der Waals surface area contributed by atoms with E-state index in [1.807, 2.05) is 0 Å². The average Bonchev–Trinajstić information content (AvgIpc) is 3.64. The number of esters is 2. The van der Waals surface area contributed by atoms with Gasteiger partial charge in [-0.05, 0) is 53.4 Å². The first kappa shape index (κ1) is 69.2. The fourth-order valence-corrected chi connectivity index (χ4v) is 11.8. The second-order valence-electron chi connectivity index (χ2n) is 23.6. The first-order valence-corrected chi connectivity index (χ1v) is 31.0. The molecule has 0 aliphatic carbocycles. The summed E-state index contributed by atoms with van der Waals surface area (Å²) >= 11 is 0. The van der Waals surface area contributed by atoms with Crippen LogP contribution in [0.15, 0.2) is 0 Å². The Morgan fingerprint density at radius 3 is 1.66 bits per heavy atom. The molecule has 0 radical (unpaired) electrons. The van der Waals surface area contributed by atoms with E-state index in [9.17, 15) is 60.7 Å². The van der Waals surface area contributed by atoms with E-state index in [-0.39, 0.29) is 18.9 Å². The Hall–Kier alpha value is -1.86. The molecule has 6 saturated heterocycles. The summed E-state index contributed by atoms with van der Waals surface area (Å²) in [6.45, 7) is 9.51. The molecule has 0 aromatic rings. The largest absolute Gasteiger partial charge is 0.456 e. The SMILES string of the molecule is CCCCCCCCCCCC(=O)O[C@H]1[C@H](O[C@@H]2[C@H]3OC(=O)CCCCCCCCC[C@H](CCCCC)O[C@@H]4O[C@H](C)[C@H](O)[C@H](O)[C@H]4O[C@H](O[C@H]2C)[C@@H]3O)O[C@@H](C)[C@H](O[C@@H]2O[C@@H](C)[C@H](O)[C@@H](O)[C@H]2O)[C@H]1O[C@@H]1O[C@H](CO)[C@@H](O)[C@H](O)[C@H]1O. The Bertz CT molecular complexity index is 1820. The quantitative estimate of drug-likeness (QED) is 0.0550. The standard InChI is InChI=1S/C58H102O24/c1-7-9-11-12-13-14-17-20-25-29-38(61)78-53-52(82-55-46(69)43(66)41(64)36(30-59)76-55)49(79-54-45(68)42(65)39(62)31(3)71-54)34(6)74-58(53)80-48-33(5)73-56-47(70)50(48)77-37(60)28-24-21-18-15-16-19-23-27-35(26-22-10-8-2)75-57-51(81-56)44(67)40(63)32(4)72-57/h31-36,39-59,62-70H,7-30H2,1-6H3/t31-,32+,33-,34-,35-,36+,39-,40-,41+,42+,43-,44-,45+,46+,47+,48-,49-,50-,51+,52+,53+,54-,55-,56-,57-,58-/m0/s1. The molecule has 2 bridgehead atoms. The Balaban J connectivity index is 1.35. The summed E-state index contributed by atoms with van der Waals surface area (Å²) in [6.07, 6.45) is -21.0. The Labute approximate surface area is 483 Å². The van der Waals surface area contributed by atoms with Crippen LogP contribution in [0.5, 0.6) is 0 Å². The van der Waals surface area contributed by atoms with Crippen LogP contribution in [-0.4, -0.2) is 229 Å². The van der Waals surface area contributed by atoms with Crippen LogP contribution in [0.25, 0.3) is 0 Å². The third-order valence-corrected chi connectivity index (χ3v) is 17.0. The molecular weight excluding hydrogens is 1080 g/mol. The smallest absolute Gasteiger partial charge is 0.306 e. The Morgan fingerprint density at radius 2 is 0.988 bits per heavy atom. The van der Waals surface area contributed by atoms with Gasteiger partial charge in [0.25, 0.3) is 0 Å². The van der Waals surface area contributed by atoms with Crippen LogP contribution in [0.3, 0.4) is 0 Å². The molecule has 0 aromatic carbocycles. The van der Waals surface area contributed by atoms with E-state index in [0.29, 0.717) is 32.1 Å². The molecule has 10 N–H and O–H groups in total. The number of carbonyl (C=O) groups excluding carboxylic acids is 2. The van der Waals surface area contributed by atoms with E-state index < -0.39 is 172 Å². The highest BCUT2D eigenvalue weighted by molar-refractivity contribution is 5.70. The fraction of sp³-hybridized carbons (Fsp3) is 0.966. The maximum absolute atomic E-state index is 14.2. The topological polar surface area (TPSA) is 347 Å². The molecule has 6 rings (SSSR count). The number of hydrogen-bond acceptors (Lipinski definition) is 24. The van der Waals surface area contributed by atoms with Gasteiger partial charge in [0.15, 0.2) is 43.7 Å². The van der Waals surface area contributed by atoms with E-state index in [2.05, 4.69) is 13.8 Å². The summed E-state index contributed by atoms with van der Waals surface area (Å²) in [7, 11) is 0. The lowest BCUT2D eigenvalue weighted by Crippen LogP contribution is -2.68. The summed E-state index contributed by atoms with van der Waals surface area (Å²) in [5, 5.41) is 111. The second-order valence-corrected chi connectivity index (χ2v) is 23.6. The number of aliphatic hydroxyl groups excluding tert-OH is 10. The number of rotatable bonds is 22. The molecule has 24 heteroatoms. The summed E-state index contributed by atoms with van der Waals surface area (Å²) in [6, 6.07) is 0. The van der Waals surface area contributed by atoms with Crippen LogP contribution in [-0.2, 0) is 66.4 Å². The van der Waals surface area contributed by atoms with Gasteiger partial charge in [-0.25, -0.2) is 0 Å². The number of unbranched alkanes of at least 4 members (excludes halogenated alkanes) is 10. The van der Waals surface area contributed by atoms with Gasteiger partial charge in [-0.1, -0.05) is 123 Å². The summed E-state index contributed by atoms with van der Waals surface area (Å²) in [4.78, 5) is 28.2. The molecule has 0 spiro atoms. The minimum atomic E-state index is -1.99. The van der Waals surface area contributed by atoms with Crippen molar-refractivity contribution in [1.82, 2.24) is 0 Å². The van der Waals surface area contributed by atoms with Gasteiger partial charge in [0.2, 0.25) is 0 Å². The zero-order valence-electron chi connectivity index (χ0n) is 49.2. The molecule has 6 heterocycles. The van der Waals surface area contributed by atoms with E-state index in [1.54, 1.807) is 13.8 Å². The average molecular weight is 1180 g/mol. The molecule has 26 atom stereocenters. The van der Waals surface area contributed by atoms with Crippen molar-refractivity contribution in [2.45, 2.75) is 349 Å². The first-order valence-electron chi connectivity index (χ1n) is 31.0. The maximum Gasteiger partial charge on any atom is 0.306 e. The summed E-state index contributed by atoms with van der Waals surface area (Å²) in [5.41, 5.74) is 0. The van der Waals surface area contributed by atoms with Gasteiger partial charge in [0.1, 0.15) is 85.5 Å². The number of fused-ring (bicyclic) bond motifs is 3. The van der Waals surface area contributed by atoms with Crippen LogP contribution >= 0.6 is 0 Å². The van der Waals surface area contributed by atoms with Crippen molar-refractivity contribution in [2.24, 2.45) is 0 Å². The van der Waals surface area contributed by atoms with Crippen molar-refractivity contribution in [3.8, 4) is 0 Å². The number of hydrogen-bond donors (Lipinski definition) is 10. The van der Waals surface area contributed by atoms with Crippen molar-refractivity contribution >= 4 is 11.9 Å². The van der Waals surface area contributed by atoms with Crippen molar-refractivity contribution in [1.29, 1.82) is 0 Å². The highest BCUT2D eigenvalue weighted by Crippen LogP contribution is 2.39. The zero-order chi connectivity index (χ0) is 59.6. The minimum absolute atomic E-state index is 0.0329. The zero-order valence-corrected chi connectivity index (χ0v) is 49.2. The molecule has 6 aliphatic rings. The lowest BCUT2D eigenvalue weighted by Gasteiger charge is -2.51. The van der Waals surface area contributed by atoms with E-state index in [4.69, 9.17) is 56.8 Å². The van der Waals surface area contributed by atoms with Gasteiger partial charge in [-0.3, -0.25) is 9.59 Å². The number of ether oxygens (including phenoxy) is 12. The van der Waals surface area contributed by atoms with Crippen LogP contribution in [0.1, 0.15) is 189 Å². The van der Waals surface area contributed by atoms with Crippen LogP contribution in [0.4, 0.5) is 0 Å². The van der Waals surface area contributed by atoms with Crippen molar-refractivity contribution in [2.75, 3.05) is 6.61 Å². The van der Waals surface area contributed by atoms with E-state index in [1.165, 1.54) is 20.3 Å². The molecule has 0 saturated carbocycles. The fourth-order valence-electron chi connectivity index (χ4n) is 11.8. The number of aliphatic hydroxyl groups is 10. The van der Waals surface area contributed by atoms with Gasteiger partial charge in [0, 0.05) is 12.8 Å². The molecule has 0 amide bonds. The molecule has 24 nitrogen and oxygen atoms in total. The lowest BCUT2D eigenvalue weighted by atomic mass is 9.95. The molecule has 478 valence electrons. The minimum Gasteiger partial charge on any atom is -0.456 e. The third kappa shape index (κ3) is 19.1. The van der Waals surface area contributed by atoms with Crippen LogP contribution < -0.4 is 0 Å². The third-order valence-electron chi connectivity index (χ3n) is 17.0. The van der Waals surface area contributed by atoms with Gasteiger partial charge in [-0.2, -0.15) is 0 Å². The maximum atomic E-state index is 14.2. The predicted octanol–water partition coefficient (Wildman–Crippen LogP) is 2.71. The van der Waals surface area contributed by atoms with Crippen LogP contribution in [0.2, 0.25) is 0 Å². The molecule has 82 heavy (non-hydrogen) atoms. The van der Waals surface area contributed by atoms with E-state index in [0.717, 1.165) is 96.3 Å². The molecule has 0 aromatic heterocycles. The van der Waals surface area contributed by atoms with Crippen LogP contribution in [0, 0.1) is 0 Å². The highest BCUT2D eigenvalue weighted by atomic mass is 16.8. The molecule has 6 aliphatic heterocycles. The van der Waals surface area contributed by atoms with Crippen molar-refractivity contribution in [3.05, 3.63) is 0 Å². The van der Waals surface area contributed by atoms with Gasteiger partial charge < -0.3 is 108 Å². The highest BCUT2D eigenvalue weighted by Gasteiger charge is 2.58. The number of carbonyl (C=O) groups is 2. The summed E-state index contributed by atoms with van der Waals surface area (Å²) < 4.78 is 75.7. The Morgan fingerprint density at radius 1 is 0.463 bits per heavy atom.